The number of hydrogen-bond donors (Lipinski definition) is 2. The van der Waals surface area contributed by atoms with Crippen molar-refractivity contribution in [1.82, 2.24) is 0 Å². The van der Waals surface area contributed by atoms with Crippen molar-refractivity contribution in [3.63, 3.8) is 0 Å². The number of likely N-dealkylation sites (N-methyl/N-ethyl adjacent to an activating group) is 1. The lowest BCUT2D eigenvalue weighted by atomic mass is 10.1. The third-order valence-electron chi connectivity index (χ3n) is 3.25. The fourth-order valence-electron chi connectivity index (χ4n) is 2.01. The molecule has 0 aliphatic heterocycles. The molecule has 2 aromatic rings. The smallest absolute Gasteiger partial charge is 0.243 e. The molecule has 0 heterocycles. The van der Waals surface area contributed by atoms with Gasteiger partial charge in [-0.15, -0.1) is 0 Å². The summed E-state index contributed by atoms with van der Waals surface area (Å²) in [6.07, 6.45) is 0.366. The van der Waals surface area contributed by atoms with Crippen molar-refractivity contribution in [1.29, 1.82) is 0 Å². The lowest BCUT2D eigenvalue weighted by molar-refractivity contribution is -0.119. The van der Waals surface area contributed by atoms with E-state index in [1.54, 1.807) is 31.3 Å². The molecule has 3 N–H and O–H groups in total. The van der Waals surface area contributed by atoms with Crippen LogP contribution in [0.3, 0.4) is 0 Å². The third kappa shape index (κ3) is 3.79. The van der Waals surface area contributed by atoms with E-state index in [0.29, 0.717) is 12.1 Å². The van der Waals surface area contributed by atoms with Gasteiger partial charge in [-0.3, -0.25) is 4.79 Å². The topological polar surface area (TPSA) is 66.6 Å². The molecule has 110 valence electrons. The first-order chi connectivity index (χ1) is 9.97. The van der Waals surface area contributed by atoms with Crippen molar-refractivity contribution in [2.75, 3.05) is 11.9 Å². The average molecular weight is 288 g/mol. The van der Waals surface area contributed by atoms with Crippen LogP contribution in [-0.2, 0) is 11.2 Å². The van der Waals surface area contributed by atoms with Crippen molar-refractivity contribution in [3.05, 3.63) is 59.9 Å². The van der Waals surface area contributed by atoms with Crippen LogP contribution in [0.1, 0.15) is 5.56 Å². The van der Waals surface area contributed by atoms with Crippen LogP contribution in [0.5, 0.6) is 5.75 Å². The van der Waals surface area contributed by atoms with Gasteiger partial charge in [0, 0.05) is 12.7 Å². The summed E-state index contributed by atoms with van der Waals surface area (Å²) in [5.41, 5.74) is 7.38. The van der Waals surface area contributed by atoms with Crippen LogP contribution in [0.15, 0.2) is 48.5 Å². The molecule has 0 bridgehead atoms. The standard InChI is InChI=1S/C16H17FN2O2/c1-19(13-6-4-12(17)5-7-13)16(21)15(18)10-11-2-8-14(20)9-3-11/h2-9,15,20H,10,18H2,1H3. The molecule has 5 heteroatoms. The quantitative estimate of drug-likeness (QED) is 0.905. The van der Waals surface area contributed by atoms with Gasteiger partial charge in [-0.25, -0.2) is 4.39 Å². The Morgan fingerprint density at radius 1 is 1.19 bits per heavy atom. The molecule has 0 saturated heterocycles. The number of phenols is 1. The molecule has 2 rings (SSSR count). The highest BCUT2D eigenvalue weighted by Gasteiger charge is 2.19. The summed E-state index contributed by atoms with van der Waals surface area (Å²) >= 11 is 0. The van der Waals surface area contributed by atoms with Gasteiger partial charge < -0.3 is 15.7 Å². The van der Waals surface area contributed by atoms with Crippen molar-refractivity contribution in [2.45, 2.75) is 12.5 Å². The number of halogens is 1. The molecule has 0 spiro atoms. The van der Waals surface area contributed by atoms with E-state index in [4.69, 9.17) is 5.73 Å². The minimum Gasteiger partial charge on any atom is -0.508 e. The number of phenolic OH excluding ortho intramolecular Hbond substituents is 1. The molecule has 4 nitrogen and oxygen atoms in total. The van der Waals surface area contributed by atoms with Gasteiger partial charge in [0.05, 0.1) is 6.04 Å². The molecular formula is C16H17FN2O2. The van der Waals surface area contributed by atoms with E-state index in [-0.39, 0.29) is 17.5 Å². The van der Waals surface area contributed by atoms with E-state index in [1.165, 1.54) is 29.2 Å². The van der Waals surface area contributed by atoms with Crippen LogP contribution in [0, 0.1) is 5.82 Å². The molecule has 0 aliphatic carbocycles. The third-order valence-corrected chi connectivity index (χ3v) is 3.25. The number of carbonyl (C=O) groups is 1. The normalized spacial score (nSPS) is 12.0. The van der Waals surface area contributed by atoms with Crippen LogP contribution in [-0.4, -0.2) is 24.1 Å². The van der Waals surface area contributed by atoms with E-state index >= 15 is 0 Å². The molecule has 0 radical (unpaired) electrons. The Bertz CT molecular complexity index is 611. The zero-order valence-electron chi connectivity index (χ0n) is 11.7. The maximum Gasteiger partial charge on any atom is 0.243 e. The lowest BCUT2D eigenvalue weighted by Crippen LogP contribution is -2.43. The summed E-state index contributed by atoms with van der Waals surface area (Å²) < 4.78 is 12.9. The number of nitrogens with two attached hydrogens (primary N) is 1. The first-order valence-corrected chi connectivity index (χ1v) is 6.54. The van der Waals surface area contributed by atoms with E-state index in [9.17, 15) is 14.3 Å². The maximum absolute atomic E-state index is 12.9. The zero-order valence-corrected chi connectivity index (χ0v) is 11.7. The van der Waals surface area contributed by atoms with Crippen LogP contribution in [0.25, 0.3) is 0 Å². The fraction of sp³-hybridized carbons (Fsp3) is 0.188. The van der Waals surface area contributed by atoms with E-state index < -0.39 is 6.04 Å². The highest BCUT2D eigenvalue weighted by molar-refractivity contribution is 5.96. The molecule has 1 unspecified atom stereocenters. The maximum atomic E-state index is 12.9. The number of rotatable bonds is 4. The number of benzene rings is 2. The monoisotopic (exact) mass is 288 g/mol. The SMILES string of the molecule is CN(C(=O)C(N)Cc1ccc(O)cc1)c1ccc(F)cc1. The van der Waals surface area contributed by atoms with Gasteiger partial charge in [0.2, 0.25) is 5.91 Å². The summed E-state index contributed by atoms with van der Waals surface area (Å²) in [6, 6.07) is 11.5. The fourth-order valence-corrected chi connectivity index (χ4v) is 2.01. The Hall–Kier alpha value is -2.40. The number of aromatic hydroxyl groups is 1. The minimum absolute atomic E-state index is 0.169. The molecule has 21 heavy (non-hydrogen) atoms. The number of amides is 1. The molecule has 0 fully saturated rings. The Labute approximate surface area is 122 Å². The summed E-state index contributed by atoms with van der Waals surface area (Å²) in [6.45, 7) is 0. The Morgan fingerprint density at radius 2 is 1.76 bits per heavy atom. The highest BCUT2D eigenvalue weighted by atomic mass is 19.1. The van der Waals surface area contributed by atoms with Gasteiger partial charge in [-0.2, -0.15) is 0 Å². The van der Waals surface area contributed by atoms with Gasteiger partial charge >= 0.3 is 0 Å². The second-order valence-corrected chi connectivity index (χ2v) is 4.85. The molecule has 2 aromatic carbocycles. The Kier molecular flexibility index (Phi) is 4.55. The van der Waals surface area contributed by atoms with Gasteiger partial charge in [-0.1, -0.05) is 12.1 Å². The minimum atomic E-state index is -0.704. The van der Waals surface area contributed by atoms with Gasteiger partial charge in [0.15, 0.2) is 0 Å². The van der Waals surface area contributed by atoms with Crippen molar-refractivity contribution < 1.29 is 14.3 Å². The van der Waals surface area contributed by atoms with Crippen LogP contribution < -0.4 is 10.6 Å². The van der Waals surface area contributed by atoms with Crippen LogP contribution in [0.2, 0.25) is 0 Å². The lowest BCUT2D eigenvalue weighted by Gasteiger charge is -2.21. The predicted octanol–water partition coefficient (Wildman–Crippen LogP) is 2.06. The van der Waals surface area contributed by atoms with Crippen LogP contribution in [0.4, 0.5) is 10.1 Å². The van der Waals surface area contributed by atoms with Gasteiger partial charge in [0.25, 0.3) is 0 Å². The first-order valence-electron chi connectivity index (χ1n) is 6.54. The number of anilines is 1. The number of carbonyl (C=O) groups excluding carboxylic acids is 1. The van der Waals surface area contributed by atoms with Crippen molar-refractivity contribution >= 4 is 11.6 Å². The van der Waals surface area contributed by atoms with Crippen LogP contribution >= 0.6 is 0 Å². The van der Waals surface area contributed by atoms with Crippen molar-refractivity contribution in [3.8, 4) is 5.75 Å². The largest absolute Gasteiger partial charge is 0.508 e. The summed E-state index contributed by atoms with van der Waals surface area (Å²) in [5, 5.41) is 9.22. The van der Waals surface area contributed by atoms with Crippen molar-refractivity contribution in [2.24, 2.45) is 5.73 Å². The van der Waals surface area contributed by atoms with E-state index in [1.807, 2.05) is 0 Å². The second kappa shape index (κ2) is 6.37. The Balaban J connectivity index is 2.04. The van der Waals surface area contributed by atoms with E-state index in [0.717, 1.165) is 5.56 Å². The summed E-state index contributed by atoms with van der Waals surface area (Å²) in [5.74, 6) is -0.440. The highest BCUT2D eigenvalue weighted by Crippen LogP contribution is 2.16. The molecule has 1 atom stereocenters. The predicted molar refractivity (Wildman–Crippen MR) is 79.6 cm³/mol. The summed E-state index contributed by atoms with van der Waals surface area (Å²) in [7, 11) is 1.60. The molecule has 0 saturated carbocycles. The van der Waals surface area contributed by atoms with E-state index in [2.05, 4.69) is 0 Å². The average Bonchev–Trinajstić information content (AvgIpc) is 2.49. The Morgan fingerprint density at radius 3 is 2.33 bits per heavy atom. The molecule has 0 aromatic heterocycles. The molecular weight excluding hydrogens is 271 g/mol. The molecule has 0 aliphatic rings. The van der Waals surface area contributed by atoms with Gasteiger partial charge in [-0.05, 0) is 48.4 Å². The molecule has 1 amide bonds. The van der Waals surface area contributed by atoms with Gasteiger partial charge in [0.1, 0.15) is 11.6 Å². The number of hydrogen-bond acceptors (Lipinski definition) is 3. The summed E-state index contributed by atoms with van der Waals surface area (Å²) in [4.78, 5) is 13.7. The zero-order chi connectivity index (χ0) is 15.4. The second-order valence-electron chi connectivity index (χ2n) is 4.85. The first kappa shape index (κ1) is 15.0. The number of nitrogens with zero attached hydrogens (tertiary/aromatic N) is 1.